The van der Waals surface area contributed by atoms with Crippen LogP contribution in [0.5, 0.6) is 0 Å². The van der Waals surface area contributed by atoms with Crippen LogP contribution in [0.25, 0.3) is 6.08 Å². The highest BCUT2D eigenvalue weighted by Crippen LogP contribution is 2.23. The van der Waals surface area contributed by atoms with Crippen molar-refractivity contribution in [1.29, 1.82) is 0 Å². The monoisotopic (exact) mass is 329 g/mol. The van der Waals surface area contributed by atoms with Crippen LogP contribution in [0.15, 0.2) is 24.3 Å². The van der Waals surface area contributed by atoms with E-state index in [-0.39, 0.29) is 6.09 Å². The summed E-state index contributed by atoms with van der Waals surface area (Å²) in [5.74, 6) is 0.524. The third-order valence-electron chi connectivity index (χ3n) is 4.50. The molecule has 1 amide bonds. The first-order valence-electron chi connectivity index (χ1n) is 8.98. The summed E-state index contributed by atoms with van der Waals surface area (Å²) in [6.45, 7) is 11.6. The molecule has 0 saturated carbocycles. The van der Waals surface area contributed by atoms with Gasteiger partial charge in [0.15, 0.2) is 0 Å². The number of likely N-dealkylation sites (tertiary alicyclic amines) is 1. The van der Waals surface area contributed by atoms with E-state index in [4.69, 9.17) is 4.74 Å². The number of hydrogen-bond donors (Lipinski definition) is 0. The SMILES string of the molecule is Cc1cccc(C)c1C=CC1CCCN(C(=O)OC(C)(C)C)CC1. The maximum Gasteiger partial charge on any atom is 0.410 e. The van der Waals surface area contributed by atoms with Gasteiger partial charge in [0.25, 0.3) is 0 Å². The fourth-order valence-corrected chi connectivity index (χ4v) is 3.15. The number of carbonyl (C=O) groups excluding carboxylic acids is 1. The van der Waals surface area contributed by atoms with E-state index in [1.54, 1.807) is 0 Å². The summed E-state index contributed by atoms with van der Waals surface area (Å²) in [5, 5.41) is 0. The number of benzene rings is 1. The van der Waals surface area contributed by atoms with Gasteiger partial charge in [0.1, 0.15) is 5.60 Å². The third kappa shape index (κ3) is 5.40. The van der Waals surface area contributed by atoms with Gasteiger partial charge in [-0.25, -0.2) is 4.79 Å². The van der Waals surface area contributed by atoms with Crippen molar-refractivity contribution < 1.29 is 9.53 Å². The number of carbonyl (C=O) groups is 1. The van der Waals surface area contributed by atoms with Crippen molar-refractivity contribution in [2.75, 3.05) is 13.1 Å². The molecule has 0 radical (unpaired) electrons. The van der Waals surface area contributed by atoms with Crippen LogP contribution in [-0.4, -0.2) is 29.7 Å². The first-order chi connectivity index (χ1) is 11.3. The maximum atomic E-state index is 12.2. The van der Waals surface area contributed by atoms with Crippen molar-refractivity contribution >= 4 is 12.2 Å². The van der Waals surface area contributed by atoms with Crippen LogP contribution in [0, 0.1) is 19.8 Å². The van der Waals surface area contributed by atoms with Crippen LogP contribution in [0.2, 0.25) is 0 Å². The molecular formula is C21H31NO2. The minimum Gasteiger partial charge on any atom is -0.444 e. The normalized spacial score (nSPS) is 19.4. The number of rotatable bonds is 2. The maximum absolute atomic E-state index is 12.2. The van der Waals surface area contributed by atoms with Gasteiger partial charge in [-0.2, -0.15) is 0 Å². The summed E-state index contributed by atoms with van der Waals surface area (Å²) in [5.41, 5.74) is 3.53. The Morgan fingerprint density at radius 1 is 1.17 bits per heavy atom. The molecule has 2 rings (SSSR count). The van der Waals surface area contributed by atoms with Gasteiger partial charge < -0.3 is 9.64 Å². The van der Waals surface area contributed by atoms with Crippen molar-refractivity contribution in [2.24, 2.45) is 5.92 Å². The molecule has 1 unspecified atom stereocenters. The minimum absolute atomic E-state index is 0.179. The average Bonchev–Trinajstić information content (AvgIpc) is 2.70. The molecule has 0 N–H and O–H groups in total. The summed E-state index contributed by atoms with van der Waals surface area (Å²) >= 11 is 0. The Morgan fingerprint density at radius 3 is 2.46 bits per heavy atom. The van der Waals surface area contributed by atoms with Crippen molar-refractivity contribution in [3.8, 4) is 0 Å². The lowest BCUT2D eigenvalue weighted by Gasteiger charge is -2.26. The quantitative estimate of drug-likeness (QED) is 0.731. The van der Waals surface area contributed by atoms with Gasteiger partial charge in [-0.1, -0.05) is 30.4 Å². The zero-order valence-corrected chi connectivity index (χ0v) is 15.8. The average molecular weight is 329 g/mol. The molecular weight excluding hydrogens is 298 g/mol. The van der Waals surface area contributed by atoms with E-state index in [0.717, 1.165) is 32.4 Å². The molecule has 1 aliphatic heterocycles. The number of amides is 1. The molecule has 1 aromatic carbocycles. The van der Waals surface area contributed by atoms with Gasteiger partial charge in [0, 0.05) is 13.1 Å². The predicted octanol–water partition coefficient (Wildman–Crippen LogP) is 5.35. The number of hydrogen-bond acceptors (Lipinski definition) is 2. The molecule has 0 bridgehead atoms. The summed E-state index contributed by atoms with van der Waals surface area (Å²) in [6, 6.07) is 6.42. The second-order valence-corrected chi connectivity index (χ2v) is 7.82. The minimum atomic E-state index is -0.426. The van der Waals surface area contributed by atoms with E-state index < -0.39 is 5.60 Å². The van der Waals surface area contributed by atoms with Crippen LogP contribution in [0.3, 0.4) is 0 Å². The zero-order chi connectivity index (χ0) is 17.7. The number of aryl methyl sites for hydroxylation is 2. The van der Waals surface area contributed by atoms with Crippen molar-refractivity contribution in [2.45, 2.75) is 59.5 Å². The molecule has 1 fully saturated rings. The molecule has 3 nitrogen and oxygen atoms in total. The first kappa shape index (κ1) is 18.6. The van der Waals surface area contributed by atoms with Crippen LogP contribution in [0.1, 0.15) is 56.7 Å². The van der Waals surface area contributed by atoms with Crippen molar-refractivity contribution in [3.05, 3.63) is 41.0 Å². The van der Waals surface area contributed by atoms with Gasteiger partial charge in [0.05, 0.1) is 0 Å². The topological polar surface area (TPSA) is 29.5 Å². The summed E-state index contributed by atoms with van der Waals surface area (Å²) in [4.78, 5) is 14.1. The lowest BCUT2D eigenvalue weighted by molar-refractivity contribution is 0.0256. The Kier molecular flexibility index (Phi) is 6.09. The Bertz CT molecular complexity index is 578. The summed E-state index contributed by atoms with van der Waals surface area (Å²) in [7, 11) is 0. The number of ether oxygens (including phenoxy) is 1. The fourth-order valence-electron chi connectivity index (χ4n) is 3.15. The fraction of sp³-hybridized carbons (Fsp3) is 0.571. The van der Waals surface area contributed by atoms with E-state index in [2.05, 4.69) is 44.2 Å². The largest absolute Gasteiger partial charge is 0.444 e. The Morgan fingerprint density at radius 2 is 1.83 bits per heavy atom. The highest BCUT2D eigenvalue weighted by molar-refractivity contribution is 5.68. The van der Waals surface area contributed by atoms with Gasteiger partial charge >= 0.3 is 6.09 Å². The van der Waals surface area contributed by atoms with Crippen LogP contribution >= 0.6 is 0 Å². The second kappa shape index (κ2) is 7.87. The lowest BCUT2D eigenvalue weighted by Crippen LogP contribution is -2.37. The standard InChI is InChI=1S/C21H31NO2/c1-16-8-6-9-17(2)19(16)12-11-18-10-7-14-22(15-13-18)20(23)24-21(3,4)5/h6,8-9,11-12,18H,7,10,13-15H2,1-5H3. The van der Waals surface area contributed by atoms with Crippen LogP contribution in [-0.2, 0) is 4.74 Å². The van der Waals surface area contributed by atoms with E-state index in [9.17, 15) is 4.79 Å². The summed E-state index contributed by atoms with van der Waals surface area (Å²) in [6.07, 6.45) is 7.57. The summed E-state index contributed by atoms with van der Waals surface area (Å²) < 4.78 is 5.50. The molecule has 0 aliphatic carbocycles. The number of allylic oxidation sites excluding steroid dienone is 1. The molecule has 132 valence electrons. The molecule has 1 heterocycles. The third-order valence-corrected chi connectivity index (χ3v) is 4.50. The molecule has 1 aromatic rings. The molecule has 1 aliphatic rings. The molecule has 0 spiro atoms. The van der Waals surface area contributed by atoms with Gasteiger partial charge in [-0.05, 0) is 76.5 Å². The number of nitrogens with zero attached hydrogens (tertiary/aromatic N) is 1. The molecule has 24 heavy (non-hydrogen) atoms. The lowest BCUT2D eigenvalue weighted by atomic mass is 9.96. The Balaban J connectivity index is 1.96. The van der Waals surface area contributed by atoms with E-state index >= 15 is 0 Å². The second-order valence-electron chi connectivity index (χ2n) is 7.82. The van der Waals surface area contributed by atoms with Crippen molar-refractivity contribution in [1.82, 2.24) is 4.90 Å². The predicted molar refractivity (Wildman–Crippen MR) is 100 cm³/mol. The van der Waals surface area contributed by atoms with Crippen LogP contribution in [0.4, 0.5) is 4.79 Å². The van der Waals surface area contributed by atoms with Crippen molar-refractivity contribution in [3.63, 3.8) is 0 Å². The highest BCUT2D eigenvalue weighted by Gasteiger charge is 2.24. The smallest absolute Gasteiger partial charge is 0.410 e. The Labute approximate surface area is 146 Å². The molecule has 0 aromatic heterocycles. The molecule has 3 heteroatoms. The van der Waals surface area contributed by atoms with E-state index in [1.165, 1.54) is 16.7 Å². The zero-order valence-electron chi connectivity index (χ0n) is 15.8. The first-order valence-corrected chi connectivity index (χ1v) is 8.98. The van der Waals surface area contributed by atoms with Crippen LogP contribution < -0.4 is 0 Å². The highest BCUT2D eigenvalue weighted by atomic mass is 16.6. The van der Waals surface area contributed by atoms with Gasteiger partial charge in [-0.3, -0.25) is 0 Å². The van der Waals surface area contributed by atoms with E-state index in [0.29, 0.717) is 5.92 Å². The van der Waals surface area contributed by atoms with E-state index in [1.807, 2.05) is 25.7 Å². The van der Waals surface area contributed by atoms with Gasteiger partial charge in [-0.15, -0.1) is 0 Å². The molecule has 1 saturated heterocycles. The Hall–Kier alpha value is -1.77. The van der Waals surface area contributed by atoms with Gasteiger partial charge in [0.2, 0.25) is 0 Å². The molecule has 1 atom stereocenters.